The molecule has 2 aliphatic rings. The van der Waals surface area contributed by atoms with Crippen molar-refractivity contribution in [3.8, 4) is 5.75 Å². The van der Waals surface area contributed by atoms with Crippen LogP contribution in [0.3, 0.4) is 0 Å². The summed E-state index contributed by atoms with van der Waals surface area (Å²) in [6.45, 7) is 3.63. The van der Waals surface area contributed by atoms with Gasteiger partial charge in [0.05, 0.1) is 13.2 Å². The summed E-state index contributed by atoms with van der Waals surface area (Å²) >= 11 is 0. The second-order valence-corrected chi connectivity index (χ2v) is 7.36. The molecule has 0 unspecified atom stereocenters. The van der Waals surface area contributed by atoms with Crippen LogP contribution in [0.15, 0.2) is 36.5 Å². The Bertz CT molecular complexity index is 860. The van der Waals surface area contributed by atoms with Crippen molar-refractivity contribution in [2.75, 3.05) is 26.7 Å². The van der Waals surface area contributed by atoms with Gasteiger partial charge in [0, 0.05) is 51.6 Å². The average molecular weight is 368 g/mol. The number of likely N-dealkylation sites (tertiary alicyclic amines) is 2. The second-order valence-electron chi connectivity index (χ2n) is 7.36. The molecule has 7 nitrogen and oxygen atoms in total. The maximum absolute atomic E-state index is 12.9. The summed E-state index contributed by atoms with van der Waals surface area (Å²) in [5.41, 5.74) is 1.69. The maximum atomic E-state index is 12.9. The van der Waals surface area contributed by atoms with Crippen molar-refractivity contribution in [2.24, 2.45) is 18.9 Å². The SMILES string of the molecule is COc1ccc([C@H]2[C@@H]3CN(C(=O)c4ccnn4C)C[C@@H]3CN2C(C)=O)cc1. The van der Waals surface area contributed by atoms with Crippen LogP contribution in [0.4, 0.5) is 0 Å². The molecule has 2 fully saturated rings. The zero-order valence-corrected chi connectivity index (χ0v) is 15.8. The average Bonchev–Trinajstić information content (AvgIpc) is 3.35. The number of nitrogens with zero attached hydrogens (tertiary/aromatic N) is 4. The van der Waals surface area contributed by atoms with Gasteiger partial charge in [-0.2, -0.15) is 5.10 Å². The molecule has 0 radical (unpaired) electrons. The minimum absolute atomic E-state index is 0.00672. The summed E-state index contributed by atoms with van der Waals surface area (Å²) in [7, 11) is 3.42. The predicted octanol–water partition coefficient (Wildman–Crippen LogP) is 1.72. The number of aryl methyl sites for hydroxylation is 1. The predicted molar refractivity (Wildman–Crippen MR) is 99.2 cm³/mol. The molecule has 0 saturated carbocycles. The molecule has 4 rings (SSSR count). The molecule has 3 heterocycles. The van der Waals surface area contributed by atoms with Crippen LogP contribution in [0.2, 0.25) is 0 Å². The lowest BCUT2D eigenvalue weighted by Gasteiger charge is -2.29. The Morgan fingerprint density at radius 3 is 2.44 bits per heavy atom. The molecule has 3 atom stereocenters. The number of methoxy groups -OCH3 is 1. The van der Waals surface area contributed by atoms with E-state index in [0.29, 0.717) is 25.3 Å². The molecular formula is C20H24N4O3. The number of aromatic nitrogens is 2. The van der Waals surface area contributed by atoms with Gasteiger partial charge in [-0.1, -0.05) is 12.1 Å². The summed E-state index contributed by atoms with van der Waals surface area (Å²) < 4.78 is 6.86. The Morgan fingerprint density at radius 2 is 1.85 bits per heavy atom. The third-order valence-corrected chi connectivity index (χ3v) is 5.85. The van der Waals surface area contributed by atoms with Gasteiger partial charge in [0.15, 0.2) is 0 Å². The van der Waals surface area contributed by atoms with E-state index < -0.39 is 0 Å². The van der Waals surface area contributed by atoms with Crippen molar-refractivity contribution < 1.29 is 14.3 Å². The molecular weight excluding hydrogens is 344 g/mol. The van der Waals surface area contributed by atoms with Gasteiger partial charge in [0.25, 0.3) is 5.91 Å². The van der Waals surface area contributed by atoms with Crippen LogP contribution in [0.5, 0.6) is 5.75 Å². The summed E-state index contributed by atoms with van der Waals surface area (Å²) in [6, 6.07) is 9.63. The van der Waals surface area contributed by atoms with E-state index in [2.05, 4.69) is 5.10 Å². The summed E-state index contributed by atoms with van der Waals surface area (Å²) in [5, 5.41) is 4.10. The maximum Gasteiger partial charge on any atom is 0.272 e. The number of carbonyl (C=O) groups excluding carboxylic acids is 2. The molecule has 0 spiro atoms. The lowest BCUT2D eigenvalue weighted by Crippen LogP contribution is -2.37. The number of carbonyl (C=O) groups is 2. The fraction of sp³-hybridized carbons (Fsp3) is 0.450. The van der Waals surface area contributed by atoms with Gasteiger partial charge in [-0.3, -0.25) is 14.3 Å². The lowest BCUT2D eigenvalue weighted by molar-refractivity contribution is -0.130. The van der Waals surface area contributed by atoms with Gasteiger partial charge in [-0.25, -0.2) is 0 Å². The minimum atomic E-state index is -0.0113. The highest BCUT2D eigenvalue weighted by atomic mass is 16.5. The fourth-order valence-corrected chi connectivity index (χ4v) is 4.51. The van der Waals surface area contributed by atoms with Crippen molar-refractivity contribution in [1.29, 1.82) is 0 Å². The van der Waals surface area contributed by atoms with E-state index in [1.54, 1.807) is 38.0 Å². The second kappa shape index (κ2) is 6.72. The largest absolute Gasteiger partial charge is 0.497 e. The van der Waals surface area contributed by atoms with Crippen molar-refractivity contribution in [3.05, 3.63) is 47.8 Å². The molecule has 0 N–H and O–H groups in total. The van der Waals surface area contributed by atoms with E-state index in [0.717, 1.165) is 11.3 Å². The van der Waals surface area contributed by atoms with E-state index in [9.17, 15) is 9.59 Å². The van der Waals surface area contributed by atoms with Crippen LogP contribution in [-0.2, 0) is 11.8 Å². The van der Waals surface area contributed by atoms with E-state index in [4.69, 9.17) is 4.74 Å². The monoisotopic (exact) mass is 368 g/mol. The highest BCUT2D eigenvalue weighted by Gasteiger charge is 2.49. The van der Waals surface area contributed by atoms with Crippen molar-refractivity contribution in [1.82, 2.24) is 19.6 Å². The minimum Gasteiger partial charge on any atom is -0.497 e. The number of hydrogen-bond acceptors (Lipinski definition) is 4. The molecule has 7 heteroatoms. The zero-order valence-electron chi connectivity index (χ0n) is 15.8. The van der Waals surface area contributed by atoms with Crippen LogP contribution in [-0.4, -0.2) is 58.1 Å². The fourth-order valence-electron chi connectivity index (χ4n) is 4.51. The molecule has 27 heavy (non-hydrogen) atoms. The van der Waals surface area contributed by atoms with Crippen LogP contribution in [0.25, 0.3) is 0 Å². The van der Waals surface area contributed by atoms with E-state index in [-0.39, 0.29) is 29.7 Å². The highest BCUT2D eigenvalue weighted by Crippen LogP contribution is 2.45. The molecule has 2 saturated heterocycles. The molecule has 2 aliphatic heterocycles. The Hall–Kier alpha value is -2.83. The molecule has 142 valence electrons. The first kappa shape index (κ1) is 17.6. The zero-order chi connectivity index (χ0) is 19.1. The molecule has 0 aliphatic carbocycles. The smallest absolute Gasteiger partial charge is 0.272 e. The first-order valence-electron chi connectivity index (χ1n) is 9.18. The summed E-state index contributed by atoms with van der Waals surface area (Å²) in [4.78, 5) is 29.0. The third-order valence-electron chi connectivity index (χ3n) is 5.85. The van der Waals surface area contributed by atoms with Crippen LogP contribution in [0, 0.1) is 11.8 Å². The number of rotatable bonds is 3. The molecule has 0 bridgehead atoms. The number of benzene rings is 1. The molecule has 2 amide bonds. The first-order chi connectivity index (χ1) is 13.0. The van der Waals surface area contributed by atoms with Gasteiger partial charge in [-0.15, -0.1) is 0 Å². The lowest BCUT2D eigenvalue weighted by atomic mass is 9.89. The van der Waals surface area contributed by atoms with E-state index in [1.807, 2.05) is 34.1 Å². The standard InChI is InChI=1S/C20H24N4O3/c1-13(25)24-11-15-10-23(20(26)18-8-9-21-22(18)2)12-17(15)19(24)14-4-6-16(27-3)7-5-14/h4-9,15,17,19H,10-12H2,1-3H3/t15-,17-,19+/m1/s1. The Kier molecular flexibility index (Phi) is 4.37. The van der Waals surface area contributed by atoms with Gasteiger partial charge < -0.3 is 14.5 Å². The van der Waals surface area contributed by atoms with Gasteiger partial charge >= 0.3 is 0 Å². The molecule has 1 aromatic carbocycles. The van der Waals surface area contributed by atoms with Crippen LogP contribution < -0.4 is 4.74 Å². The molecule has 1 aromatic heterocycles. The van der Waals surface area contributed by atoms with Crippen LogP contribution >= 0.6 is 0 Å². The highest BCUT2D eigenvalue weighted by molar-refractivity contribution is 5.92. The Balaban J connectivity index is 1.59. The van der Waals surface area contributed by atoms with Crippen molar-refractivity contribution in [3.63, 3.8) is 0 Å². The van der Waals surface area contributed by atoms with Crippen LogP contribution in [0.1, 0.15) is 29.0 Å². The Labute approximate surface area is 158 Å². The quantitative estimate of drug-likeness (QED) is 0.827. The summed E-state index contributed by atoms with van der Waals surface area (Å²) in [6.07, 6.45) is 1.64. The van der Waals surface area contributed by atoms with E-state index in [1.165, 1.54) is 0 Å². The topological polar surface area (TPSA) is 67.7 Å². The van der Waals surface area contributed by atoms with Crippen molar-refractivity contribution >= 4 is 11.8 Å². The third kappa shape index (κ3) is 2.97. The van der Waals surface area contributed by atoms with E-state index >= 15 is 0 Å². The first-order valence-corrected chi connectivity index (χ1v) is 9.18. The van der Waals surface area contributed by atoms with Gasteiger partial charge in [0.2, 0.25) is 5.91 Å². The Morgan fingerprint density at radius 1 is 1.11 bits per heavy atom. The summed E-state index contributed by atoms with van der Waals surface area (Å²) in [5.74, 6) is 1.40. The number of ether oxygens (including phenoxy) is 1. The number of fused-ring (bicyclic) bond motifs is 1. The van der Waals surface area contributed by atoms with Gasteiger partial charge in [-0.05, 0) is 23.8 Å². The number of hydrogen-bond donors (Lipinski definition) is 0. The van der Waals surface area contributed by atoms with Gasteiger partial charge in [0.1, 0.15) is 11.4 Å². The normalized spacial score (nSPS) is 24.2. The number of amides is 2. The molecule has 2 aromatic rings. The van der Waals surface area contributed by atoms with Crippen molar-refractivity contribution in [2.45, 2.75) is 13.0 Å².